The molecule has 0 radical (unpaired) electrons. The summed E-state index contributed by atoms with van der Waals surface area (Å²) in [5.74, 6) is -0.142. The van der Waals surface area contributed by atoms with Crippen LogP contribution in [0.25, 0.3) is 0 Å². The van der Waals surface area contributed by atoms with Crippen molar-refractivity contribution >= 4 is 10.0 Å². The first-order chi connectivity index (χ1) is 9.53. The molecule has 112 valence electrons. The number of benzene rings is 1. The van der Waals surface area contributed by atoms with Gasteiger partial charge in [0.15, 0.2) is 11.6 Å². The SMILES string of the molecule is COc1cc(S(=O)(=O)NCCC2CCNC2)ccc1F. The van der Waals surface area contributed by atoms with Crippen LogP contribution in [0.4, 0.5) is 4.39 Å². The van der Waals surface area contributed by atoms with Crippen molar-refractivity contribution in [2.75, 3.05) is 26.7 Å². The van der Waals surface area contributed by atoms with Gasteiger partial charge < -0.3 is 10.1 Å². The fourth-order valence-corrected chi connectivity index (χ4v) is 3.31. The van der Waals surface area contributed by atoms with Crippen LogP contribution in [0.15, 0.2) is 23.1 Å². The van der Waals surface area contributed by atoms with Crippen molar-refractivity contribution < 1.29 is 17.5 Å². The fraction of sp³-hybridized carbons (Fsp3) is 0.538. The van der Waals surface area contributed by atoms with Gasteiger partial charge in [-0.3, -0.25) is 0 Å². The highest BCUT2D eigenvalue weighted by Gasteiger charge is 2.18. The maximum atomic E-state index is 13.3. The third kappa shape index (κ3) is 3.68. The molecule has 2 N–H and O–H groups in total. The third-order valence-corrected chi connectivity index (χ3v) is 4.90. The molecule has 1 aliphatic rings. The van der Waals surface area contributed by atoms with Crippen LogP contribution in [0, 0.1) is 11.7 Å². The van der Waals surface area contributed by atoms with Crippen molar-refractivity contribution in [2.45, 2.75) is 17.7 Å². The molecule has 0 bridgehead atoms. The molecule has 1 aromatic carbocycles. The number of halogens is 1. The Morgan fingerprint density at radius 3 is 2.95 bits per heavy atom. The topological polar surface area (TPSA) is 67.4 Å². The summed E-state index contributed by atoms with van der Waals surface area (Å²) in [5, 5.41) is 3.24. The summed E-state index contributed by atoms with van der Waals surface area (Å²) >= 11 is 0. The van der Waals surface area contributed by atoms with Gasteiger partial charge in [0.05, 0.1) is 12.0 Å². The van der Waals surface area contributed by atoms with Gasteiger partial charge >= 0.3 is 0 Å². The lowest BCUT2D eigenvalue weighted by Crippen LogP contribution is -2.26. The highest BCUT2D eigenvalue weighted by Crippen LogP contribution is 2.21. The van der Waals surface area contributed by atoms with Gasteiger partial charge in [-0.05, 0) is 44.0 Å². The van der Waals surface area contributed by atoms with E-state index < -0.39 is 15.8 Å². The molecule has 0 saturated carbocycles. The molecule has 0 aliphatic carbocycles. The highest BCUT2D eigenvalue weighted by molar-refractivity contribution is 7.89. The maximum absolute atomic E-state index is 13.3. The van der Waals surface area contributed by atoms with Gasteiger partial charge in [0.2, 0.25) is 10.0 Å². The minimum absolute atomic E-state index is 0.0142. The maximum Gasteiger partial charge on any atom is 0.240 e. The molecule has 1 aliphatic heterocycles. The normalized spacial score (nSPS) is 19.2. The summed E-state index contributed by atoms with van der Waals surface area (Å²) in [7, 11) is -2.32. The van der Waals surface area contributed by atoms with Crippen molar-refractivity contribution in [1.82, 2.24) is 10.0 Å². The molecule has 1 heterocycles. The second-order valence-electron chi connectivity index (χ2n) is 4.84. The molecular weight excluding hydrogens is 283 g/mol. The van der Waals surface area contributed by atoms with Crippen molar-refractivity contribution in [3.8, 4) is 5.75 Å². The van der Waals surface area contributed by atoms with E-state index in [4.69, 9.17) is 4.74 Å². The van der Waals surface area contributed by atoms with Crippen LogP contribution < -0.4 is 14.8 Å². The largest absolute Gasteiger partial charge is 0.494 e. The van der Waals surface area contributed by atoms with Crippen molar-refractivity contribution in [1.29, 1.82) is 0 Å². The average molecular weight is 302 g/mol. The van der Waals surface area contributed by atoms with E-state index in [-0.39, 0.29) is 10.6 Å². The third-order valence-electron chi connectivity index (χ3n) is 3.44. The van der Waals surface area contributed by atoms with E-state index in [9.17, 15) is 12.8 Å². The zero-order valence-corrected chi connectivity index (χ0v) is 12.2. The second kappa shape index (κ2) is 6.51. The van der Waals surface area contributed by atoms with Gasteiger partial charge in [0, 0.05) is 12.6 Å². The molecule has 7 heteroatoms. The first-order valence-electron chi connectivity index (χ1n) is 6.57. The van der Waals surface area contributed by atoms with Gasteiger partial charge in [0.1, 0.15) is 0 Å². The highest BCUT2D eigenvalue weighted by atomic mass is 32.2. The zero-order chi connectivity index (χ0) is 14.6. The Labute approximate surface area is 118 Å². The molecule has 1 saturated heterocycles. The summed E-state index contributed by atoms with van der Waals surface area (Å²) in [6, 6.07) is 3.51. The lowest BCUT2D eigenvalue weighted by Gasteiger charge is -2.11. The second-order valence-corrected chi connectivity index (χ2v) is 6.61. The number of rotatable bonds is 6. The molecule has 0 amide bonds. The van der Waals surface area contributed by atoms with Gasteiger partial charge in [-0.25, -0.2) is 17.5 Å². The van der Waals surface area contributed by atoms with E-state index in [0.29, 0.717) is 12.5 Å². The van der Waals surface area contributed by atoms with Crippen LogP contribution >= 0.6 is 0 Å². The van der Waals surface area contributed by atoms with E-state index in [1.807, 2.05) is 0 Å². The smallest absolute Gasteiger partial charge is 0.240 e. The summed E-state index contributed by atoms with van der Waals surface area (Å²) in [4.78, 5) is 0.0142. The molecule has 5 nitrogen and oxygen atoms in total. The minimum atomic E-state index is -3.62. The Balaban J connectivity index is 1.98. The van der Waals surface area contributed by atoms with Crippen LogP contribution in [0.5, 0.6) is 5.75 Å². The van der Waals surface area contributed by atoms with Crippen molar-refractivity contribution in [3.63, 3.8) is 0 Å². The van der Waals surface area contributed by atoms with E-state index in [2.05, 4.69) is 10.0 Å². The van der Waals surface area contributed by atoms with Crippen LogP contribution in [0.1, 0.15) is 12.8 Å². The van der Waals surface area contributed by atoms with E-state index in [1.54, 1.807) is 0 Å². The first-order valence-corrected chi connectivity index (χ1v) is 8.05. The Morgan fingerprint density at radius 2 is 2.30 bits per heavy atom. The minimum Gasteiger partial charge on any atom is -0.494 e. The predicted octanol–water partition coefficient (Wildman–Crippen LogP) is 1.11. The molecular formula is C13H19FN2O3S. The van der Waals surface area contributed by atoms with E-state index in [1.165, 1.54) is 19.2 Å². The fourth-order valence-electron chi connectivity index (χ4n) is 2.25. The predicted molar refractivity (Wildman–Crippen MR) is 73.7 cm³/mol. The van der Waals surface area contributed by atoms with Crippen LogP contribution in [0.3, 0.4) is 0 Å². The summed E-state index contributed by atoms with van der Waals surface area (Å²) in [6.45, 7) is 2.31. The summed E-state index contributed by atoms with van der Waals surface area (Å²) in [5.41, 5.74) is 0. The van der Waals surface area contributed by atoms with Crippen LogP contribution in [-0.2, 0) is 10.0 Å². The van der Waals surface area contributed by atoms with Crippen molar-refractivity contribution in [2.24, 2.45) is 5.92 Å². The Morgan fingerprint density at radius 1 is 1.50 bits per heavy atom. The first kappa shape index (κ1) is 15.2. The molecule has 0 spiro atoms. The molecule has 20 heavy (non-hydrogen) atoms. The Bertz CT molecular complexity index is 557. The standard InChI is InChI=1S/C13H19FN2O3S/c1-19-13-8-11(2-3-12(13)14)20(17,18)16-7-5-10-4-6-15-9-10/h2-3,8,10,15-16H,4-7,9H2,1H3. The number of hydrogen-bond acceptors (Lipinski definition) is 4. The quantitative estimate of drug-likeness (QED) is 0.826. The average Bonchev–Trinajstić information content (AvgIpc) is 2.92. The monoisotopic (exact) mass is 302 g/mol. The number of methoxy groups -OCH3 is 1. The van der Waals surface area contributed by atoms with E-state index in [0.717, 1.165) is 32.0 Å². The zero-order valence-electron chi connectivity index (χ0n) is 11.4. The van der Waals surface area contributed by atoms with Gasteiger partial charge in [-0.1, -0.05) is 0 Å². The molecule has 1 atom stereocenters. The molecule has 0 aromatic heterocycles. The molecule has 1 fully saturated rings. The number of ether oxygens (including phenoxy) is 1. The van der Waals surface area contributed by atoms with Crippen LogP contribution in [-0.4, -0.2) is 35.2 Å². The van der Waals surface area contributed by atoms with E-state index >= 15 is 0 Å². The number of hydrogen-bond donors (Lipinski definition) is 2. The van der Waals surface area contributed by atoms with Crippen LogP contribution in [0.2, 0.25) is 0 Å². The lowest BCUT2D eigenvalue weighted by atomic mass is 10.1. The molecule has 1 aromatic rings. The van der Waals surface area contributed by atoms with Gasteiger partial charge in [-0.15, -0.1) is 0 Å². The Hall–Kier alpha value is -1.18. The molecule has 1 unspecified atom stereocenters. The number of nitrogens with one attached hydrogen (secondary N) is 2. The van der Waals surface area contributed by atoms with Crippen molar-refractivity contribution in [3.05, 3.63) is 24.0 Å². The summed E-state index contributed by atoms with van der Waals surface area (Å²) in [6.07, 6.45) is 1.87. The molecule has 2 rings (SSSR count). The van der Waals surface area contributed by atoms with Gasteiger partial charge in [0.25, 0.3) is 0 Å². The van der Waals surface area contributed by atoms with Gasteiger partial charge in [-0.2, -0.15) is 0 Å². The Kier molecular flexibility index (Phi) is 4.95. The lowest BCUT2D eigenvalue weighted by molar-refractivity contribution is 0.385. The summed E-state index contributed by atoms with van der Waals surface area (Å²) < 4.78 is 44.8. The number of sulfonamides is 1.